The van der Waals surface area contributed by atoms with E-state index in [1.807, 2.05) is 6.20 Å². The van der Waals surface area contributed by atoms with Crippen LogP contribution in [-0.4, -0.2) is 24.1 Å². The zero-order chi connectivity index (χ0) is 12.2. The Balaban J connectivity index is 2.91. The fourth-order valence-electron chi connectivity index (χ4n) is 1.49. The number of hydrogen-bond acceptors (Lipinski definition) is 3. The quantitative estimate of drug-likeness (QED) is 0.828. The molecule has 3 heteroatoms. The van der Waals surface area contributed by atoms with Crippen LogP contribution in [0.3, 0.4) is 0 Å². The van der Waals surface area contributed by atoms with Crippen molar-refractivity contribution in [1.29, 1.82) is 0 Å². The first-order chi connectivity index (χ1) is 7.51. The molecule has 90 valence electrons. The molecule has 1 rings (SSSR count). The van der Waals surface area contributed by atoms with Crippen LogP contribution < -0.4 is 10.2 Å². The standard InChI is InChI=1S/C13H23N3/c1-6-13(3,4)16(5)11-8-9-15-12(10-11)14-7-2/h8-10H,6-7H2,1-5H3,(H,14,15). The van der Waals surface area contributed by atoms with Gasteiger partial charge in [0.15, 0.2) is 0 Å². The average Bonchev–Trinajstić information content (AvgIpc) is 2.29. The van der Waals surface area contributed by atoms with Gasteiger partial charge in [-0.3, -0.25) is 0 Å². The third-order valence-electron chi connectivity index (χ3n) is 3.26. The summed E-state index contributed by atoms with van der Waals surface area (Å²) in [6.45, 7) is 9.69. The monoisotopic (exact) mass is 221 g/mol. The van der Waals surface area contributed by atoms with E-state index in [1.165, 1.54) is 5.69 Å². The molecule has 3 nitrogen and oxygen atoms in total. The van der Waals surface area contributed by atoms with Gasteiger partial charge in [0.2, 0.25) is 0 Å². The van der Waals surface area contributed by atoms with E-state index in [4.69, 9.17) is 0 Å². The Hall–Kier alpha value is -1.25. The first-order valence-corrected chi connectivity index (χ1v) is 5.95. The van der Waals surface area contributed by atoms with Crippen molar-refractivity contribution in [1.82, 2.24) is 4.98 Å². The molecule has 0 amide bonds. The molecular weight excluding hydrogens is 198 g/mol. The van der Waals surface area contributed by atoms with Crippen LogP contribution >= 0.6 is 0 Å². The molecule has 0 saturated carbocycles. The van der Waals surface area contributed by atoms with Crippen LogP contribution in [0.1, 0.15) is 34.1 Å². The van der Waals surface area contributed by atoms with Gasteiger partial charge >= 0.3 is 0 Å². The Labute approximate surface area is 98.9 Å². The summed E-state index contributed by atoms with van der Waals surface area (Å²) in [5.74, 6) is 0.943. The Morgan fingerprint density at radius 3 is 2.62 bits per heavy atom. The van der Waals surface area contributed by atoms with Gasteiger partial charge in [-0.2, -0.15) is 0 Å². The van der Waals surface area contributed by atoms with Gasteiger partial charge in [-0.15, -0.1) is 0 Å². The lowest BCUT2D eigenvalue weighted by Gasteiger charge is -2.36. The Morgan fingerprint density at radius 2 is 2.06 bits per heavy atom. The second-order valence-corrected chi connectivity index (χ2v) is 4.65. The lowest BCUT2D eigenvalue weighted by Crippen LogP contribution is -2.40. The zero-order valence-electron chi connectivity index (χ0n) is 11.0. The van der Waals surface area contributed by atoms with Crippen molar-refractivity contribution in [2.24, 2.45) is 0 Å². The van der Waals surface area contributed by atoms with Gasteiger partial charge in [0.1, 0.15) is 5.82 Å². The van der Waals surface area contributed by atoms with Crippen molar-refractivity contribution < 1.29 is 0 Å². The van der Waals surface area contributed by atoms with Gasteiger partial charge in [0.05, 0.1) is 0 Å². The van der Waals surface area contributed by atoms with Crippen molar-refractivity contribution in [3.8, 4) is 0 Å². The van der Waals surface area contributed by atoms with E-state index in [-0.39, 0.29) is 5.54 Å². The second-order valence-electron chi connectivity index (χ2n) is 4.65. The largest absolute Gasteiger partial charge is 0.370 e. The van der Waals surface area contributed by atoms with Crippen molar-refractivity contribution in [2.75, 3.05) is 23.8 Å². The molecule has 0 spiro atoms. The molecule has 0 fully saturated rings. The molecular formula is C13H23N3. The minimum Gasteiger partial charge on any atom is -0.370 e. The van der Waals surface area contributed by atoms with E-state index in [9.17, 15) is 0 Å². The molecule has 1 heterocycles. The summed E-state index contributed by atoms with van der Waals surface area (Å²) in [4.78, 5) is 6.58. The van der Waals surface area contributed by atoms with E-state index >= 15 is 0 Å². The van der Waals surface area contributed by atoms with Crippen LogP contribution in [0, 0.1) is 0 Å². The third kappa shape index (κ3) is 2.87. The fourth-order valence-corrected chi connectivity index (χ4v) is 1.49. The van der Waals surface area contributed by atoms with E-state index in [0.29, 0.717) is 0 Å². The van der Waals surface area contributed by atoms with E-state index in [2.05, 4.69) is 62.1 Å². The molecule has 0 bridgehead atoms. The third-order valence-corrected chi connectivity index (χ3v) is 3.26. The zero-order valence-corrected chi connectivity index (χ0v) is 11.0. The summed E-state index contributed by atoms with van der Waals surface area (Å²) >= 11 is 0. The summed E-state index contributed by atoms with van der Waals surface area (Å²) in [5, 5.41) is 3.23. The van der Waals surface area contributed by atoms with Crippen molar-refractivity contribution in [3.05, 3.63) is 18.3 Å². The molecule has 0 aliphatic carbocycles. The van der Waals surface area contributed by atoms with Gasteiger partial charge in [0, 0.05) is 37.1 Å². The van der Waals surface area contributed by atoms with E-state index in [1.54, 1.807) is 0 Å². The lowest BCUT2D eigenvalue weighted by molar-refractivity contribution is 0.471. The summed E-state index contributed by atoms with van der Waals surface area (Å²) in [6.07, 6.45) is 2.97. The molecule has 1 N–H and O–H groups in total. The smallest absolute Gasteiger partial charge is 0.127 e. The molecule has 0 unspecified atom stereocenters. The Kier molecular flexibility index (Phi) is 4.16. The van der Waals surface area contributed by atoms with Gasteiger partial charge in [-0.25, -0.2) is 4.98 Å². The number of aromatic nitrogens is 1. The predicted molar refractivity (Wildman–Crippen MR) is 71.2 cm³/mol. The van der Waals surface area contributed by atoms with E-state index in [0.717, 1.165) is 18.8 Å². The minimum atomic E-state index is 0.171. The summed E-state index contributed by atoms with van der Waals surface area (Å²) in [6, 6.07) is 4.15. The topological polar surface area (TPSA) is 28.2 Å². The maximum atomic E-state index is 4.28. The van der Waals surface area contributed by atoms with Gasteiger partial charge in [0.25, 0.3) is 0 Å². The predicted octanol–water partition coefficient (Wildman–Crippen LogP) is 3.14. The Morgan fingerprint density at radius 1 is 1.38 bits per heavy atom. The van der Waals surface area contributed by atoms with Crippen LogP contribution in [0.15, 0.2) is 18.3 Å². The van der Waals surface area contributed by atoms with Crippen LogP contribution in [0.2, 0.25) is 0 Å². The molecule has 0 saturated heterocycles. The number of nitrogens with zero attached hydrogens (tertiary/aromatic N) is 2. The molecule has 0 radical (unpaired) electrons. The molecule has 16 heavy (non-hydrogen) atoms. The van der Waals surface area contributed by atoms with Crippen LogP contribution in [0.4, 0.5) is 11.5 Å². The van der Waals surface area contributed by atoms with Crippen molar-refractivity contribution >= 4 is 11.5 Å². The molecule has 0 aromatic carbocycles. The molecule has 0 aliphatic rings. The highest BCUT2D eigenvalue weighted by atomic mass is 15.2. The van der Waals surface area contributed by atoms with Crippen LogP contribution in [0.25, 0.3) is 0 Å². The second kappa shape index (κ2) is 5.19. The number of pyridine rings is 1. The van der Waals surface area contributed by atoms with Crippen LogP contribution in [-0.2, 0) is 0 Å². The van der Waals surface area contributed by atoms with E-state index < -0.39 is 0 Å². The van der Waals surface area contributed by atoms with Crippen LogP contribution in [0.5, 0.6) is 0 Å². The first kappa shape index (κ1) is 12.8. The number of hydrogen-bond donors (Lipinski definition) is 1. The number of anilines is 2. The maximum absolute atomic E-state index is 4.28. The minimum absolute atomic E-state index is 0.171. The first-order valence-electron chi connectivity index (χ1n) is 5.95. The molecule has 0 atom stereocenters. The maximum Gasteiger partial charge on any atom is 0.127 e. The molecule has 0 aliphatic heterocycles. The highest BCUT2D eigenvalue weighted by Gasteiger charge is 2.21. The van der Waals surface area contributed by atoms with Gasteiger partial charge in [-0.1, -0.05) is 6.92 Å². The summed E-state index contributed by atoms with van der Waals surface area (Å²) in [5.41, 5.74) is 1.38. The molecule has 1 aromatic rings. The highest BCUT2D eigenvalue weighted by molar-refractivity contribution is 5.54. The summed E-state index contributed by atoms with van der Waals surface area (Å²) < 4.78 is 0. The highest BCUT2D eigenvalue weighted by Crippen LogP contribution is 2.25. The van der Waals surface area contributed by atoms with Crippen molar-refractivity contribution in [2.45, 2.75) is 39.7 Å². The van der Waals surface area contributed by atoms with Crippen molar-refractivity contribution in [3.63, 3.8) is 0 Å². The average molecular weight is 221 g/mol. The lowest BCUT2D eigenvalue weighted by atomic mass is 9.99. The summed E-state index contributed by atoms with van der Waals surface area (Å²) in [7, 11) is 2.13. The number of nitrogens with one attached hydrogen (secondary N) is 1. The normalized spacial score (nSPS) is 11.3. The molecule has 1 aromatic heterocycles. The fraction of sp³-hybridized carbons (Fsp3) is 0.615. The van der Waals surface area contributed by atoms with Gasteiger partial charge in [-0.05, 0) is 33.3 Å². The SMILES string of the molecule is CCNc1cc(N(C)C(C)(C)CC)ccn1. The number of rotatable bonds is 5. The van der Waals surface area contributed by atoms with Gasteiger partial charge < -0.3 is 10.2 Å². The Bertz CT molecular complexity index is 334.